The molecule has 1 aromatic carbocycles. The van der Waals surface area contributed by atoms with Gasteiger partial charge in [0.2, 0.25) is 10.0 Å². The molecule has 1 aromatic heterocycles. The van der Waals surface area contributed by atoms with Crippen LogP contribution in [0.15, 0.2) is 41.6 Å². The summed E-state index contributed by atoms with van der Waals surface area (Å²) in [6.45, 7) is 9.61. The average molecular weight is 457 g/mol. The standard InChI is InChI=1S/C24H32N4O3S/c1-18-6-10-28(11-7-18)32(30,31)23-17-21(16-19(2)20(23)3)24(29)27-14-12-26(13-15-27)22-4-8-25-9-5-22/h4-5,8-9,16-18H,6-7,10-15H2,1-3H3. The summed E-state index contributed by atoms with van der Waals surface area (Å²) >= 11 is 0. The third-order valence-electron chi connectivity index (χ3n) is 6.82. The molecule has 0 aliphatic carbocycles. The number of sulfonamides is 1. The van der Waals surface area contributed by atoms with Gasteiger partial charge in [-0.1, -0.05) is 6.92 Å². The number of rotatable bonds is 4. The molecular weight excluding hydrogens is 424 g/mol. The van der Waals surface area contributed by atoms with E-state index >= 15 is 0 Å². The highest BCUT2D eigenvalue weighted by Gasteiger charge is 2.31. The summed E-state index contributed by atoms with van der Waals surface area (Å²) in [5.74, 6) is 0.439. The van der Waals surface area contributed by atoms with Crippen LogP contribution in [0.4, 0.5) is 5.69 Å². The zero-order valence-electron chi connectivity index (χ0n) is 19.1. The number of carbonyl (C=O) groups is 1. The second kappa shape index (κ2) is 9.19. The third-order valence-corrected chi connectivity index (χ3v) is 8.85. The number of piperidine rings is 1. The molecule has 0 saturated carbocycles. The summed E-state index contributed by atoms with van der Waals surface area (Å²) in [7, 11) is -3.62. The highest BCUT2D eigenvalue weighted by molar-refractivity contribution is 7.89. The number of aryl methyl sites for hydroxylation is 1. The SMILES string of the molecule is Cc1cc(C(=O)N2CCN(c3ccncc3)CC2)cc(S(=O)(=O)N2CCC(C)CC2)c1C. The molecule has 0 atom stereocenters. The first-order valence-corrected chi connectivity index (χ1v) is 12.8. The molecule has 2 aliphatic heterocycles. The number of benzene rings is 1. The average Bonchev–Trinajstić information content (AvgIpc) is 2.81. The summed E-state index contributed by atoms with van der Waals surface area (Å²) in [6, 6.07) is 7.36. The summed E-state index contributed by atoms with van der Waals surface area (Å²) in [6.07, 6.45) is 5.29. The van der Waals surface area contributed by atoms with Crippen molar-refractivity contribution in [1.29, 1.82) is 0 Å². The number of amides is 1. The van der Waals surface area contributed by atoms with Crippen molar-refractivity contribution in [2.75, 3.05) is 44.2 Å². The highest BCUT2D eigenvalue weighted by Crippen LogP contribution is 2.28. The van der Waals surface area contributed by atoms with Crippen LogP contribution in [0.1, 0.15) is 41.3 Å². The molecule has 0 bridgehead atoms. The Morgan fingerprint density at radius 1 is 0.969 bits per heavy atom. The van der Waals surface area contributed by atoms with Gasteiger partial charge in [0.25, 0.3) is 5.91 Å². The lowest BCUT2D eigenvalue weighted by molar-refractivity contribution is 0.0746. The molecule has 0 radical (unpaired) electrons. The number of aromatic nitrogens is 1. The van der Waals surface area contributed by atoms with E-state index in [2.05, 4.69) is 16.8 Å². The maximum Gasteiger partial charge on any atom is 0.254 e. The number of nitrogens with zero attached hydrogens (tertiary/aromatic N) is 4. The van der Waals surface area contributed by atoms with E-state index in [-0.39, 0.29) is 10.8 Å². The number of piperazine rings is 1. The van der Waals surface area contributed by atoms with E-state index in [1.54, 1.807) is 22.8 Å². The molecule has 0 spiro atoms. The van der Waals surface area contributed by atoms with Gasteiger partial charge in [-0.25, -0.2) is 8.42 Å². The molecule has 2 saturated heterocycles. The number of pyridine rings is 1. The van der Waals surface area contributed by atoms with Crippen LogP contribution >= 0.6 is 0 Å². The molecule has 2 aliphatic rings. The van der Waals surface area contributed by atoms with Crippen molar-refractivity contribution in [3.8, 4) is 0 Å². The highest BCUT2D eigenvalue weighted by atomic mass is 32.2. The van der Waals surface area contributed by atoms with Gasteiger partial charge in [-0.05, 0) is 68.0 Å². The fourth-order valence-electron chi connectivity index (χ4n) is 4.49. The number of hydrogen-bond donors (Lipinski definition) is 0. The Morgan fingerprint density at radius 3 is 2.22 bits per heavy atom. The van der Waals surface area contributed by atoms with Crippen LogP contribution in [0.5, 0.6) is 0 Å². The molecule has 1 amide bonds. The number of hydrogen-bond acceptors (Lipinski definition) is 5. The number of anilines is 1. The summed E-state index contributed by atoms with van der Waals surface area (Å²) in [5.41, 5.74) is 3.11. The Labute approximate surface area is 191 Å². The quantitative estimate of drug-likeness (QED) is 0.707. The van der Waals surface area contributed by atoms with E-state index < -0.39 is 10.0 Å². The Kier molecular flexibility index (Phi) is 6.53. The lowest BCUT2D eigenvalue weighted by atomic mass is 10.0. The molecule has 8 heteroatoms. The van der Waals surface area contributed by atoms with Gasteiger partial charge in [0.15, 0.2) is 0 Å². The van der Waals surface area contributed by atoms with Gasteiger partial charge < -0.3 is 9.80 Å². The van der Waals surface area contributed by atoms with Crippen molar-refractivity contribution in [2.24, 2.45) is 5.92 Å². The molecule has 7 nitrogen and oxygen atoms in total. The normalized spacial score (nSPS) is 18.7. The van der Waals surface area contributed by atoms with Crippen molar-refractivity contribution in [3.63, 3.8) is 0 Å². The van der Waals surface area contributed by atoms with E-state index in [1.165, 1.54) is 0 Å². The van der Waals surface area contributed by atoms with E-state index in [0.717, 1.165) is 42.7 Å². The summed E-state index contributed by atoms with van der Waals surface area (Å²) < 4.78 is 28.4. The second-order valence-corrected chi connectivity index (χ2v) is 10.9. The van der Waals surface area contributed by atoms with Crippen molar-refractivity contribution in [2.45, 2.75) is 38.5 Å². The molecule has 2 aromatic rings. The molecule has 32 heavy (non-hydrogen) atoms. The fourth-order valence-corrected chi connectivity index (χ4v) is 6.28. The molecule has 4 rings (SSSR count). The Hall–Kier alpha value is -2.45. The lowest BCUT2D eigenvalue weighted by Gasteiger charge is -2.36. The van der Waals surface area contributed by atoms with Crippen molar-refractivity contribution in [1.82, 2.24) is 14.2 Å². The van der Waals surface area contributed by atoms with Crippen LogP contribution in [-0.2, 0) is 10.0 Å². The Balaban J connectivity index is 1.53. The number of carbonyl (C=O) groups excluding carboxylic acids is 1. The van der Waals surface area contributed by atoms with Crippen LogP contribution in [0.25, 0.3) is 0 Å². The van der Waals surface area contributed by atoms with Gasteiger partial charge in [0.1, 0.15) is 0 Å². The van der Waals surface area contributed by atoms with E-state index in [0.29, 0.717) is 37.7 Å². The Bertz CT molecular complexity index is 1070. The van der Waals surface area contributed by atoms with Crippen LogP contribution in [0, 0.1) is 19.8 Å². The molecule has 172 valence electrons. The Morgan fingerprint density at radius 2 is 1.59 bits per heavy atom. The van der Waals surface area contributed by atoms with Gasteiger partial charge in [0, 0.05) is 62.9 Å². The van der Waals surface area contributed by atoms with Crippen LogP contribution in [0.2, 0.25) is 0 Å². The second-order valence-electron chi connectivity index (χ2n) is 8.99. The third kappa shape index (κ3) is 4.52. The molecular formula is C24H32N4O3S. The molecule has 3 heterocycles. The van der Waals surface area contributed by atoms with Gasteiger partial charge in [-0.2, -0.15) is 4.31 Å². The first-order chi connectivity index (χ1) is 15.3. The first kappa shape index (κ1) is 22.7. The van der Waals surface area contributed by atoms with E-state index in [4.69, 9.17) is 0 Å². The zero-order valence-corrected chi connectivity index (χ0v) is 19.9. The predicted molar refractivity (Wildman–Crippen MR) is 125 cm³/mol. The van der Waals surface area contributed by atoms with E-state index in [9.17, 15) is 13.2 Å². The van der Waals surface area contributed by atoms with Crippen molar-refractivity contribution >= 4 is 21.6 Å². The zero-order chi connectivity index (χ0) is 22.9. The monoisotopic (exact) mass is 456 g/mol. The van der Waals surface area contributed by atoms with Gasteiger partial charge >= 0.3 is 0 Å². The lowest BCUT2D eigenvalue weighted by Crippen LogP contribution is -2.48. The molecule has 2 fully saturated rings. The largest absolute Gasteiger partial charge is 0.368 e. The van der Waals surface area contributed by atoms with Gasteiger partial charge in [0.05, 0.1) is 4.90 Å². The van der Waals surface area contributed by atoms with Crippen LogP contribution in [0.3, 0.4) is 0 Å². The fraction of sp³-hybridized carbons (Fsp3) is 0.500. The maximum atomic E-state index is 13.4. The minimum atomic E-state index is -3.62. The summed E-state index contributed by atoms with van der Waals surface area (Å²) in [5, 5.41) is 0. The van der Waals surface area contributed by atoms with Gasteiger partial charge in [-0.15, -0.1) is 0 Å². The predicted octanol–water partition coefficient (Wildman–Crippen LogP) is 3.08. The van der Waals surface area contributed by atoms with E-state index in [1.807, 2.05) is 36.9 Å². The first-order valence-electron chi connectivity index (χ1n) is 11.3. The van der Waals surface area contributed by atoms with Crippen LogP contribution < -0.4 is 4.90 Å². The van der Waals surface area contributed by atoms with Gasteiger partial charge in [-0.3, -0.25) is 9.78 Å². The molecule has 0 unspecified atom stereocenters. The summed E-state index contributed by atoms with van der Waals surface area (Å²) in [4.78, 5) is 21.7. The topological polar surface area (TPSA) is 73.8 Å². The van der Waals surface area contributed by atoms with Crippen molar-refractivity contribution in [3.05, 3.63) is 53.3 Å². The minimum absolute atomic E-state index is 0.105. The minimum Gasteiger partial charge on any atom is -0.368 e. The smallest absolute Gasteiger partial charge is 0.254 e. The van der Waals surface area contributed by atoms with Crippen molar-refractivity contribution < 1.29 is 13.2 Å². The van der Waals surface area contributed by atoms with Crippen LogP contribution in [-0.4, -0.2) is 67.8 Å². The molecule has 0 N–H and O–H groups in total. The maximum absolute atomic E-state index is 13.4.